The smallest absolute Gasteiger partial charge is 0.264 e. The Bertz CT molecular complexity index is 1670. The Kier molecular flexibility index (Phi) is 11.3. The number of nitrogens with zero attached hydrogens (tertiary/aromatic N) is 3. The zero-order valence-electron chi connectivity index (χ0n) is 30.7. The summed E-state index contributed by atoms with van der Waals surface area (Å²) in [4.78, 5) is 21.3. The Labute approximate surface area is 310 Å². The molecule has 0 unspecified atom stereocenters. The van der Waals surface area contributed by atoms with Gasteiger partial charge in [-0.3, -0.25) is 9.69 Å². The monoisotopic (exact) mass is 740 g/mol. The number of carbonyl (C=O) groups is 1. The lowest BCUT2D eigenvalue weighted by atomic mass is 9.65. The molecular weight excluding hydrogens is 684 g/mol. The van der Waals surface area contributed by atoms with E-state index in [-0.39, 0.29) is 11.3 Å². The predicted octanol–water partition coefficient (Wildman–Crippen LogP) is 5.99. The number of halogens is 1. The number of sulfonamides is 1. The van der Waals surface area contributed by atoms with Crippen LogP contribution in [0, 0.1) is 23.7 Å². The number of aryl methyl sites for hydroxylation is 1. The Morgan fingerprint density at radius 1 is 1.00 bits per heavy atom. The molecule has 0 aromatic heterocycles. The van der Waals surface area contributed by atoms with Crippen LogP contribution in [-0.2, 0) is 26.6 Å². The molecule has 2 aliphatic carbocycles. The molecule has 1 N–H and O–H groups in total. The summed E-state index contributed by atoms with van der Waals surface area (Å²) < 4.78 is 41.5. The van der Waals surface area contributed by atoms with Crippen LogP contribution < -0.4 is 14.4 Å². The van der Waals surface area contributed by atoms with Gasteiger partial charge in [-0.15, -0.1) is 0 Å². The first-order valence-corrected chi connectivity index (χ1v) is 21.3. The summed E-state index contributed by atoms with van der Waals surface area (Å²) >= 11 is 6.49. The van der Waals surface area contributed by atoms with E-state index in [1.807, 2.05) is 25.1 Å². The van der Waals surface area contributed by atoms with Crippen molar-refractivity contribution in [2.75, 3.05) is 77.6 Å². The molecule has 51 heavy (non-hydrogen) atoms. The number of hydrogen-bond acceptors (Lipinski definition) is 8. The van der Waals surface area contributed by atoms with Crippen molar-refractivity contribution in [1.29, 1.82) is 0 Å². The molecule has 3 heterocycles. The summed E-state index contributed by atoms with van der Waals surface area (Å²) in [5.41, 5.74) is 3.64. The SMILES string of the molecule is COCCN1CCN(C[C@H]2CCC[C@H](C)[C@@H](C)S(=O)(=O)NC(=O)c3ccc4c(c3)N(C[C@@H]3CC[C@@H]23)C[C@@]2(CCCc3cc(Cl)ccc32)CO4)CC1. The van der Waals surface area contributed by atoms with Crippen molar-refractivity contribution in [3.8, 4) is 5.75 Å². The third-order valence-corrected chi connectivity index (χ3v) is 15.3. The third-order valence-electron chi connectivity index (χ3n) is 13.2. The second-order valence-corrected chi connectivity index (χ2v) is 18.7. The van der Waals surface area contributed by atoms with Gasteiger partial charge in [0.2, 0.25) is 10.0 Å². The number of amides is 1. The van der Waals surface area contributed by atoms with Crippen molar-refractivity contribution >= 4 is 33.2 Å². The van der Waals surface area contributed by atoms with E-state index in [4.69, 9.17) is 21.1 Å². The highest BCUT2D eigenvalue weighted by Gasteiger charge is 2.45. The molecule has 1 spiro atoms. The van der Waals surface area contributed by atoms with Crippen LogP contribution >= 0.6 is 11.6 Å². The van der Waals surface area contributed by atoms with Crippen LogP contribution in [0.4, 0.5) is 5.69 Å². The number of nitrogens with one attached hydrogen (secondary N) is 1. The highest BCUT2D eigenvalue weighted by molar-refractivity contribution is 7.90. The maximum Gasteiger partial charge on any atom is 0.264 e. The van der Waals surface area contributed by atoms with Crippen molar-refractivity contribution in [2.24, 2.45) is 23.7 Å². The first kappa shape index (κ1) is 37.0. The van der Waals surface area contributed by atoms with Gasteiger partial charge in [0.1, 0.15) is 5.75 Å². The largest absolute Gasteiger partial charge is 0.490 e. The average molecular weight is 741 g/mol. The molecule has 7 rings (SSSR count). The summed E-state index contributed by atoms with van der Waals surface area (Å²) in [6, 6.07) is 11.8. The summed E-state index contributed by atoms with van der Waals surface area (Å²) in [6.07, 6.45) is 8.42. The van der Waals surface area contributed by atoms with Crippen molar-refractivity contribution in [3.63, 3.8) is 0 Å². The Hall–Kier alpha value is -2.37. The molecule has 1 saturated heterocycles. The molecule has 9 nitrogen and oxygen atoms in total. The van der Waals surface area contributed by atoms with Gasteiger partial charge in [0.25, 0.3) is 5.91 Å². The lowest BCUT2D eigenvalue weighted by Crippen LogP contribution is -2.51. The molecule has 5 aliphatic rings. The van der Waals surface area contributed by atoms with Gasteiger partial charge in [-0.1, -0.05) is 31.0 Å². The predicted molar refractivity (Wildman–Crippen MR) is 204 cm³/mol. The first-order chi connectivity index (χ1) is 24.5. The van der Waals surface area contributed by atoms with Crippen LogP contribution in [0.15, 0.2) is 36.4 Å². The zero-order valence-corrected chi connectivity index (χ0v) is 32.3. The van der Waals surface area contributed by atoms with Gasteiger partial charge >= 0.3 is 0 Å². The minimum Gasteiger partial charge on any atom is -0.490 e. The maximum absolute atomic E-state index is 13.6. The van der Waals surface area contributed by atoms with Crippen molar-refractivity contribution in [3.05, 3.63) is 58.1 Å². The van der Waals surface area contributed by atoms with Crippen LogP contribution in [0.5, 0.6) is 5.75 Å². The van der Waals surface area contributed by atoms with E-state index in [0.717, 1.165) is 114 Å². The van der Waals surface area contributed by atoms with Gasteiger partial charge in [-0.05, 0) is 117 Å². The second kappa shape index (κ2) is 15.5. The first-order valence-electron chi connectivity index (χ1n) is 19.4. The molecule has 2 aromatic rings. The second-order valence-electron chi connectivity index (χ2n) is 16.3. The van der Waals surface area contributed by atoms with Crippen LogP contribution in [0.25, 0.3) is 0 Å². The van der Waals surface area contributed by atoms with Gasteiger partial charge < -0.3 is 19.3 Å². The van der Waals surface area contributed by atoms with Crippen LogP contribution in [-0.4, -0.2) is 102 Å². The highest BCUT2D eigenvalue weighted by Crippen LogP contribution is 2.48. The fourth-order valence-electron chi connectivity index (χ4n) is 9.69. The number of anilines is 1. The Morgan fingerprint density at radius 2 is 1.80 bits per heavy atom. The number of methoxy groups -OCH3 is 1. The van der Waals surface area contributed by atoms with Crippen molar-refractivity contribution < 1.29 is 22.7 Å². The van der Waals surface area contributed by atoms with Gasteiger partial charge in [-0.2, -0.15) is 0 Å². The topological polar surface area (TPSA) is 91.4 Å². The molecule has 1 amide bonds. The molecule has 0 radical (unpaired) electrons. The van der Waals surface area contributed by atoms with Gasteiger partial charge in [0, 0.05) is 75.5 Å². The van der Waals surface area contributed by atoms with E-state index in [0.29, 0.717) is 29.9 Å². The molecule has 2 aromatic carbocycles. The van der Waals surface area contributed by atoms with E-state index in [1.165, 1.54) is 24.0 Å². The van der Waals surface area contributed by atoms with Gasteiger partial charge in [0.15, 0.2) is 0 Å². The summed E-state index contributed by atoms with van der Waals surface area (Å²) in [6.45, 7) is 13.1. The maximum atomic E-state index is 13.6. The van der Waals surface area contributed by atoms with Crippen molar-refractivity contribution in [1.82, 2.24) is 14.5 Å². The standard InChI is InChI=1S/C40H57ClN4O5S/c1-28-6-4-7-32(24-44-18-16-43(17-19-44)20-21-49-3)35-12-9-33(35)25-45-26-40(15-5-8-30-22-34(41)11-13-36(30)40)27-50-38-14-10-31(23-37(38)45)39(46)42-51(47,48)29(28)2/h10-11,13-14,22-23,28-29,32-33,35H,4-9,12,15-21,24-27H2,1-3H3,(H,42,46)/t28-,29+,32+,33-,35-,40-/m0/s1. The van der Waals surface area contributed by atoms with Gasteiger partial charge in [0.05, 0.1) is 24.2 Å². The molecule has 1 saturated carbocycles. The number of piperazine rings is 1. The fourth-order valence-corrected chi connectivity index (χ4v) is 11.2. The quantitative estimate of drug-likeness (QED) is 0.400. The number of benzene rings is 2. The lowest BCUT2D eigenvalue weighted by molar-refractivity contribution is 0.0441. The highest BCUT2D eigenvalue weighted by atomic mass is 35.5. The number of ether oxygens (including phenoxy) is 2. The lowest BCUT2D eigenvalue weighted by Gasteiger charge is -2.48. The van der Waals surface area contributed by atoms with E-state index < -0.39 is 21.2 Å². The number of rotatable bonds is 5. The number of fused-ring (bicyclic) bond motifs is 4. The summed E-state index contributed by atoms with van der Waals surface area (Å²) in [5.74, 6) is 1.82. The zero-order chi connectivity index (χ0) is 35.8. The van der Waals surface area contributed by atoms with E-state index in [2.05, 4.69) is 31.6 Å². The normalized spacial score (nSPS) is 31.8. The van der Waals surface area contributed by atoms with Crippen LogP contribution in [0.1, 0.15) is 80.3 Å². The molecule has 3 aliphatic heterocycles. The van der Waals surface area contributed by atoms with E-state index in [1.54, 1.807) is 20.1 Å². The molecule has 2 bridgehead atoms. The molecular formula is C40H57ClN4O5S. The minimum atomic E-state index is -3.87. The molecule has 6 atom stereocenters. The fraction of sp³-hybridized carbons (Fsp3) is 0.675. The van der Waals surface area contributed by atoms with E-state index >= 15 is 0 Å². The molecule has 11 heteroatoms. The number of carbonyl (C=O) groups excluding carboxylic acids is 1. The molecule has 280 valence electrons. The average Bonchev–Trinajstić information content (AvgIpc) is 3.25. The minimum absolute atomic E-state index is 0.0641. The van der Waals surface area contributed by atoms with Gasteiger partial charge in [-0.25, -0.2) is 13.1 Å². The Morgan fingerprint density at radius 3 is 2.57 bits per heavy atom. The molecule has 2 fully saturated rings. The van der Waals surface area contributed by atoms with Crippen LogP contribution in [0.2, 0.25) is 5.02 Å². The third kappa shape index (κ3) is 7.96. The summed E-state index contributed by atoms with van der Waals surface area (Å²) in [5, 5.41) is 0.0903. The van der Waals surface area contributed by atoms with Crippen LogP contribution in [0.3, 0.4) is 0 Å². The van der Waals surface area contributed by atoms with E-state index in [9.17, 15) is 13.2 Å². The van der Waals surface area contributed by atoms with Crippen molar-refractivity contribution in [2.45, 2.75) is 75.9 Å². The summed E-state index contributed by atoms with van der Waals surface area (Å²) in [7, 11) is -2.10. The Balaban J connectivity index is 1.21. The number of hydrogen-bond donors (Lipinski definition) is 1.